The molecule has 0 fully saturated rings. The summed E-state index contributed by atoms with van der Waals surface area (Å²) in [4.78, 5) is 38.8. The number of anilines is 2. The van der Waals surface area contributed by atoms with Gasteiger partial charge in [-0.25, -0.2) is 9.69 Å². The Morgan fingerprint density at radius 3 is 2.24 bits per heavy atom. The third kappa shape index (κ3) is 4.59. The largest absolute Gasteiger partial charge is 0.421 e. The predicted molar refractivity (Wildman–Crippen MR) is 128 cm³/mol. The van der Waals surface area contributed by atoms with E-state index in [0.29, 0.717) is 21.4 Å². The number of halogens is 3. The monoisotopic (exact) mass is 500 g/mol. The molecule has 6 nitrogen and oxygen atoms in total. The highest BCUT2D eigenvalue weighted by molar-refractivity contribution is 6.53. The molecule has 9 heteroatoms. The Morgan fingerprint density at radius 1 is 0.879 bits per heavy atom. The van der Waals surface area contributed by atoms with E-state index in [1.165, 1.54) is 18.2 Å². The number of carbonyl (C=O) groups excluding carboxylic acids is 3. The number of rotatable bonds is 5. The van der Waals surface area contributed by atoms with E-state index in [1.807, 2.05) is 6.92 Å². The third-order valence-electron chi connectivity index (χ3n) is 4.87. The molecule has 166 valence electrons. The Balaban J connectivity index is 1.50. The van der Waals surface area contributed by atoms with E-state index in [-0.39, 0.29) is 22.0 Å². The average Bonchev–Trinajstić information content (AvgIpc) is 3.01. The second-order valence-corrected chi connectivity index (χ2v) is 8.28. The fourth-order valence-electron chi connectivity index (χ4n) is 3.09. The zero-order chi connectivity index (χ0) is 23.7. The topological polar surface area (TPSA) is 75.7 Å². The van der Waals surface area contributed by atoms with Crippen molar-refractivity contribution in [2.24, 2.45) is 0 Å². The summed E-state index contributed by atoms with van der Waals surface area (Å²) in [5.74, 6) is -1.63. The van der Waals surface area contributed by atoms with Gasteiger partial charge >= 0.3 is 5.97 Å². The van der Waals surface area contributed by atoms with Crippen molar-refractivity contribution in [2.45, 2.75) is 6.92 Å². The Labute approximate surface area is 204 Å². The van der Waals surface area contributed by atoms with Gasteiger partial charge in [-0.2, -0.15) is 0 Å². The molecule has 0 aliphatic carbocycles. The lowest BCUT2D eigenvalue weighted by atomic mass is 10.2. The number of esters is 1. The van der Waals surface area contributed by atoms with Gasteiger partial charge in [-0.15, -0.1) is 0 Å². The fourth-order valence-corrected chi connectivity index (χ4v) is 3.65. The SMILES string of the molecule is Cc1ccc(N2C(=O)C(Cl)=C(Nc3ccc(C(=O)Oc4ccccc4Cl)cc3)C2=O)cc1Cl. The van der Waals surface area contributed by atoms with Crippen molar-refractivity contribution in [3.63, 3.8) is 0 Å². The molecule has 0 radical (unpaired) electrons. The van der Waals surface area contributed by atoms with E-state index in [0.717, 1.165) is 10.5 Å². The molecular formula is C24H15Cl3N2O4. The summed E-state index contributed by atoms with van der Waals surface area (Å²) < 4.78 is 5.30. The van der Waals surface area contributed by atoms with Crippen LogP contribution in [0.4, 0.5) is 11.4 Å². The maximum Gasteiger partial charge on any atom is 0.343 e. The first-order chi connectivity index (χ1) is 15.8. The number of benzene rings is 3. The molecule has 0 spiro atoms. The lowest BCUT2D eigenvalue weighted by Crippen LogP contribution is -2.32. The number of ether oxygens (including phenoxy) is 1. The quantitative estimate of drug-likeness (QED) is 0.265. The van der Waals surface area contributed by atoms with Crippen molar-refractivity contribution in [1.82, 2.24) is 0 Å². The smallest absolute Gasteiger partial charge is 0.343 e. The highest BCUT2D eigenvalue weighted by atomic mass is 35.5. The van der Waals surface area contributed by atoms with Gasteiger partial charge in [-0.1, -0.05) is 53.0 Å². The Bertz CT molecular complexity index is 1320. The zero-order valence-electron chi connectivity index (χ0n) is 17.1. The summed E-state index contributed by atoms with van der Waals surface area (Å²) in [5.41, 5.74) is 1.76. The number of imide groups is 1. The van der Waals surface area contributed by atoms with E-state index in [9.17, 15) is 14.4 Å². The number of aryl methyl sites for hydroxylation is 1. The standard InChI is InChI=1S/C24H15Cl3N2O4/c1-13-6-11-16(12-18(13)26)29-22(30)20(27)21(23(29)31)28-15-9-7-14(8-10-15)24(32)33-19-5-3-2-4-17(19)25/h2-12,28H,1H3. The second kappa shape index (κ2) is 9.27. The van der Waals surface area contributed by atoms with Crippen LogP contribution >= 0.6 is 34.8 Å². The Kier molecular flexibility index (Phi) is 6.42. The molecule has 0 unspecified atom stereocenters. The first-order valence-electron chi connectivity index (χ1n) is 9.65. The molecule has 0 aromatic heterocycles. The first kappa shape index (κ1) is 22.9. The van der Waals surface area contributed by atoms with Crippen LogP contribution in [-0.4, -0.2) is 17.8 Å². The van der Waals surface area contributed by atoms with Crippen molar-refractivity contribution < 1.29 is 19.1 Å². The van der Waals surface area contributed by atoms with Gasteiger partial charge in [0.2, 0.25) is 0 Å². The van der Waals surface area contributed by atoms with Crippen LogP contribution in [0.2, 0.25) is 10.0 Å². The summed E-state index contributed by atoms with van der Waals surface area (Å²) >= 11 is 18.3. The van der Waals surface area contributed by atoms with Crippen molar-refractivity contribution in [2.75, 3.05) is 10.2 Å². The molecule has 1 aliphatic rings. The maximum atomic E-state index is 12.9. The van der Waals surface area contributed by atoms with Crippen molar-refractivity contribution in [3.05, 3.63) is 98.6 Å². The fraction of sp³-hybridized carbons (Fsp3) is 0.0417. The van der Waals surface area contributed by atoms with Gasteiger partial charge in [-0.05, 0) is 61.0 Å². The van der Waals surface area contributed by atoms with Gasteiger partial charge in [-0.3, -0.25) is 9.59 Å². The van der Waals surface area contributed by atoms with Gasteiger partial charge in [0.1, 0.15) is 16.5 Å². The Hall–Kier alpha value is -3.32. The lowest BCUT2D eigenvalue weighted by molar-refractivity contribution is -0.120. The van der Waals surface area contributed by atoms with E-state index >= 15 is 0 Å². The maximum absolute atomic E-state index is 12.9. The number of hydrogen-bond donors (Lipinski definition) is 1. The van der Waals surface area contributed by atoms with Crippen molar-refractivity contribution in [3.8, 4) is 5.75 Å². The number of carbonyl (C=O) groups is 3. The third-order valence-corrected chi connectivity index (χ3v) is 5.94. The molecule has 4 rings (SSSR count). The highest BCUT2D eigenvalue weighted by Gasteiger charge is 2.39. The molecule has 1 heterocycles. The van der Waals surface area contributed by atoms with Gasteiger partial charge in [0, 0.05) is 10.7 Å². The van der Waals surface area contributed by atoms with Gasteiger partial charge in [0.25, 0.3) is 11.8 Å². The van der Waals surface area contributed by atoms with Crippen LogP contribution in [0.1, 0.15) is 15.9 Å². The normalized spacial score (nSPS) is 13.5. The summed E-state index contributed by atoms with van der Waals surface area (Å²) in [6, 6.07) is 17.6. The average molecular weight is 502 g/mol. The number of para-hydroxylation sites is 1. The van der Waals surface area contributed by atoms with Crippen molar-refractivity contribution in [1.29, 1.82) is 0 Å². The molecular weight excluding hydrogens is 487 g/mol. The Morgan fingerprint density at radius 2 is 1.58 bits per heavy atom. The summed E-state index contributed by atoms with van der Waals surface area (Å²) in [6.45, 7) is 1.81. The highest BCUT2D eigenvalue weighted by Crippen LogP contribution is 2.32. The van der Waals surface area contributed by atoms with Crippen LogP contribution in [-0.2, 0) is 9.59 Å². The predicted octanol–water partition coefficient (Wildman–Crippen LogP) is 5.96. The summed E-state index contributed by atoms with van der Waals surface area (Å²) in [5, 5.41) is 3.34. The molecule has 1 N–H and O–H groups in total. The lowest BCUT2D eigenvalue weighted by Gasteiger charge is -2.16. The molecule has 33 heavy (non-hydrogen) atoms. The molecule has 1 aliphatic heterocycles. The molecule has 0 bridgehead atoms. The first-order valence-corrected chi connectivity index (χ1v) is 10.8. The minimum Gasteiger partial charge on any atom is -0.421 e. The summed E-state index contributed by atoms with van der Waals surface area (Å²) in [6.07, 6.45) is 0. The van der Waals surface area contributed by atoms with Crippen LogP contribution in [0.15, 0.2) is 77.5 Å². The minimum atomic E-state index is -0.663. The number of hydrogen-bond acceptors (Lipinski definition) is 5. The van der Waals surface area contributed by atoms with Crippen LogP contribution in [0.25, 0.3) is 0 Å². The van der Waals surface area contributed by atoms with Crippen LogP contribution in [0.3, 0.4) is 0 Å². The number of nitrogens with one attached hydrogen (secondary N) is 1. The second-order valence-electron chi connectivity index (χ2n) is 7.09. The molecule has 0 saturated carbocycles. The van der Waals surface area contributed by atoms with Gasteiger partial charge in [0.15, 0.2) is 0 Å². The van der Waals surface area contributed by atoms with Crippen molar-refractivity contribution >= 4 is 64.0 Å². The van der Waals surface area contributed by atoms with Crippen LogP contribution in [0, 0.1) is 6.92 Å². The van der Waals surface area contributed by atoms with E-state index in [1.54, 1.807) is 48.5 Å². The van der Waals surface area contributed by atoms with Crippen LogP contribution < -0.4 is 15.0 Å². The number of nitrogens with zero attached hydrogens (tertiary/aromatic N) is 1. The van der Waals surface area contributed by atoms with Gasteiger partial charge in [0.05, 0.1) is 16.3 Å². The molecule has 0 saturated heterocycles. The number of amides is 2. The zero-order valence-corrected chi connectivity index (χ0v) is 19.3. The summed E-state index contributed by atoms with van der Waals surface area (Å²) in [7, 11) is 0. The van der Waals surface area contributed by atoms with E-state index < -0.39 is 17.8 Å². The van der Waals surface area contributed by atoms with Gasteiger partial charge < -0.3 is 10.1 Å². The van der Waals surface area contributed by atoms with E-state index in [2.05, 4.69) is 5.32 Å². The minimum absolute atomic E-state index is 0.0789. The molecule has 3 aromatic carbocycles. The molecule has 2 amide bonds. The van der Waals surface area contributed by atoms with Crippen LogP contribution in [0.5, 0.6) is 5.75 Å². The van der Waals surface area contributed by atoms with E-state index in [4.69, 9.17) is 39.5 Å². The molecule has 0 atom stereocenters. The molecule has 3 aromatic rings.